The Morgan fingerprint density at radius 3 is 2.59 bits per heavy atom. The lowest BCUT2D eigenvalue weighted by Gasteiger charge is -2.18. The number of aromatic nitrogens is 1. The molecule has 2 aromatic heterocycles. The molecule has 3 rings (SSSR count). The molecule has 0 atom stereocenters. The lowest BCUT2D eigenvalue weighted by molar-refractivity contribution is 0.0922. The number of rotatable bonds is 6. The number of anilines is 1. The molecule has 0 unspecified atom stereocenters. The van der Waals surface area contributed by atoms with Crippen LogP contribution in [-0.4, -0.2) is 26.4 Å². The number of hydrogen-bond acceptors (Lipinski definition) is 5. The average Bonchev–Trinajstić information content (AvgIpc) is 3.09. The Bertz CT molecular complexity index is 1030. The maximum absolute atomic E-state index is 12.9. The molecule has 1 N–H and O–H groups in total. The van der Waals surface area contributed by atoms with Gasteiger partial charge in [0.2, 0.25) is 0 Å². The Morgan fingerprint density at radius 2 is 1.93 bits per heavy atom. The first-order chi connectivity index (χ1) is 12.9. The van der Waals surface area contributed by atoms with Gasteiger partial charge in [-0.3, -0.25) is 14.1 Å². The fourth-order valence-electron chi connectivity index (χ4n) is 2.53. The standard InChI is InChI=1S/C19H19N3O4S/c1-14-18(27(24,25)22(2)16-8-4-3-5-9-16)11-17(26-14)19(23)21-13-15-7-6-10-20-12-15/h3-12H,13H2,1-2H3,(H,21,23). The van der Waals surface area contributed by atoms with Crippen molar-refractivity contribution in [3.05, 3.63) is 78.0 Å². The highest BCUT2D eigenvalue weighted by molar-refractivity contribution is 7.92. The SMILES string of the molecule is Cc1oc(C(=O)NCc2cccnc2)cc1S(=O)(=O)N(C)c1ccccc1. The molecule has 0 saturated heterocycles. The molecule has 2 heterocycles. The summed E-state index contributed by atoms with van der Waals surface area (Å²) in [5.41, 5.74) is 1.34. The Balaban J connectivity index is 1.80. The molecule has 0 aliphatic carbocycles. The fourth-order valence-corrected chi connectivity index (χ4v) is 3.88. The van der Waals surface area contributed by atoms with Crippen LogP contribution in [-0.2, 0) is 16.6 Å². The molecule has 0 aliphatic rings. The van der Waals surface area contributed by atoms with Crippen LogP contribution in [0, 0.1) is 6.92 Å². The summed E-state index contributed by atoms with van der Waals surface area (Å²) in [5, 5.41) is 2.69. The van der Waals surface area contributed by atoms with E-state index in [1.54, 1.807) is 48.8 Å². The lowest BCUT2D eigenvalue weighted by atomic mass is 10.3. The van der Waals surface area contributed by atoms with Gasteiger partial charge in [0.1, 0.15) is 10.7 Å². The summed E-state index contributed by atoms with van der Waals surface area (Å²) in [6.45, 7) is 1.78. The third-order valence-electron chi connectivity index (χ3n) is 4.03. The first kappa shape index (κ1) is 18.7. The zero-order valence-corrected chi connectivity index (χ0v) is 15.7. The predicted molar refractivity (Wildman–Crippen MR) is 101 cm³/mol. The molecule has 0 radical (unpaired) electrons. The summed E-state index contributed by atoms with van der Waals surface area (Å²) in [6, 6.07) is 13.5. The molecule has 0 fully saturated rings. The number of benzene rings is 1. The number of amides is 1. The Labute approximate surface area is 157 Å². The topological polar surface area (TPSA) is 92.5 Å². The molecule has 0 spiro atoms. The van der Waals surface area contributed by atoms with Gasteiger partial charge < -0.3 is 9.73 Å². The largest absolute Gasteiger partial charge is 0.455 e. The summed E-state index contributed by atoms with van der Waals surface area (Å²) >= 11 is 0. The fraction of sp³-hybridized carbons (Fsp3) is 0.158. The number of pyridine rings is 1. The van der Waals surface area contributed by atoms with E-state index in [1.165, 1.54) is 20.0 Å². The smallest absolute Gasteiger partial charge is 0.287 e. The van der Waals surface area contributed by atoms with Crippen LogP contribution < -0.4 is 9.62 Å². The van der Waals surface area contributed by atoms with Gasteiger partial charge in [-0.25, -0.2) is 8.42 Å². The molecular weight excluding hydrogens is 366 g/mol. The van der Waals surface area contributed by atoms with E-state index in [9.17, 15) is 13.2 Å². The minimum Gasteiger partial charge on any atom is -0.455 e. The molecule has 0 aliphatic heterocycles. The molecule has 27 heavy (non-hydrogen) atoms. The van der Waals surface area contributed by atoms with Crippen molar-refractivity contribution >= 4 is 21.6 Å². The summed E-state index contributed by atoms with van der Waals surface area (Å²) in [4.78, 5) is 16.2. The van der Waals surface area contributed by atoms with Crippen molar-refractivity contribution < 1.29 is 17.6 Å². The quantitative estimate of drug-likeness (QED) is 0.704. The highest BCUT2D eigenvalue weighted by atomic mass is 32.2. The number of nitrogens with one attached hydrogen (secondary N) is 1. The molecule has 0 bridgehead atoms. The Morgan fingerprint density at radius 1 is 1.19 bits per heavy atom. The minimum absolute atomic E-state index is 0.0413. The second-order valence-electron chi connectivity index (χ2n) is 5.88. The normalized spacial score (nSPS) is 11.2. The van der Waals surface area contributed by atoms with E-state index in [0.717, 1.165) is 9.87 Å². The number of nitrogens with zero attached hydrogens (tertiary/aromatic N) is 2. The molecule has 8 heteroatoms. The Kier molecular flexibility index (Phi) is 5.27. The maximum atomic E-state index is 12.9. The molecule has 7 nitrogen and oxygen atoms in total. The first-order valence-corrected chi connectivity index (χ1v) is 9.65. The summed E-state index contributed by atoms with van der Waals surface area (Å²) in [5.74, 6) is -0.397. The van der Waals surface area contributed by atoms with Crippen LogP contribution in [0.3, 0.4) is 0 Å². The highest BCUT2D eigenvalue weighted by Crippen LogP contribution is 2.26. The predicted octanol–water partition coefficient (Wildman–Crippen LogP) is 2.74. The monoisotopic (exact) mass is 385 g/mol. The van der Waals surface area contributed by atoms with E-state index in [-0.39, 0.29) is 23.0 Å². The molecule has 1 amide bonds. The second-order valence-corrected chi connectivity index (χ2v) is 7.82. The van der Waals surface area contributed by atoms with Gasteiger partial charge in [-0.05, 0) is 30.7 Å². The molecule has 3 aromatic rings. The van der Waals surface area contributed by atoms with E-state index in [0.29, 0.717) is 5.69 Å². The second kappa shape index (κ2) is 7.63. The van der Waals surface area contributed by atoms with Gasteiger partial charge in [0.25, 0.3) is 15.9 Å². The van der Waals surface area contributed by atoms with Gasteiger partial charge in [-0.2, -0.15) is 0 Å². The number of carbonyl (C=O) groups is 1. The Hall–Kier alpha value is -3.13. The summed E-state index contributed by atoms with van der Waals surface area (Å²) in [7, 11) is -2.40. The van der Waals surface area contributed by atoms with E-state index < -0.39 is 15.9 Å². The van der Waals surface area contributed by atoms with Gasteiger partial charge >= 0.3 is 0 Å². The molecule has 1 aromatic carbocycles. The van der Waals surface area contributed by atoms with Gasteiger partial charge in [-0.1, -0.05) is 24.3 Å². The van der Waals surface area contributed by atoms with E-state index in [2.05, 4.69) is 10.3 Å². The number of furan rings is 1. The third-order valence-corrected chi connectivity index (χ3v) is 5.92. The summed E-state index contributed by atoms with van der Waals surface area (Å²) in [6.07, 6.45) is 3.28. The van der Waals surface area contributed by atoms with Crippen molar-refractivity contribution in [2.75, 3.05) is 11.4 Å². The van der Waals surface area contributed by atoms with Crippen LogP contribution in [0.2, 0.25) is 0 Å². The van der Waals surface area contributed by atoms with Crippen LogP contribution in [0.4, 0.5) is 5.69 Å². The average molecular weight is 385 g/mol. The van der Waals surface area contributed by atoms with Crippen LogP contribution >= 0.6 is 0 Å². The summed E-state index contributed by atoms with van der Waals surface area (Å²) < 4.78 is 32.3. The van der Waals surface area contributed by atoms with Crippen LogP contribution in [0.25, 0.3) is 0 Å². The highest BCUT2D eigenvalue weighted by Gasteiger charge is 2.28. The van der Waals surface area contributed by atoms with Gasteiger partial charge in [-0.15, -0.1) is 0 Å². The van der Waals surface area contributed by atoms with Gasteiger partial charge in [0.15, 0.2) is 5.76 Å². The minimum atomic E-state index is -3.85. The van der Waals surface area contributed by atoms with Gasteiger partial charge in [0, 0.05) is 32.1 Å². The van der Waals surface area contributed by atoms with E-state index >= 15 is 0 Å². The maximum Gasteiger partial charge on any atom is 0.287 e. The first-order valence-electron chi connectivity index (χ1n) is 8.21. The number of aryl methyl sites for hydroxylation is 1. The van der Waals surface area contributed by atoms with Gasteiger partial charge in [0.05, 0.1) is 5.69 Å². The van der Waals surface area contributed by atoms with Crippen molar-refractivity contribution in [2.45, 2.75) is 18.4 Å². The van der Waals surface area contributed by atoms with Crippen molar-refractivity contribution in [3.8, 4) is 0 Å². The van der Waals surface area contributed by atoms with Crippen LogP contribution in [0.15, 0.2) is 70.2 Å². The van der Waals surface area contributed by atoms with Crippen LogP contribution in [0.1, 0.15) is 21.9 Å². The number of hydrogen-bond donors (Lipinski definition) is 1. The molecule has 0 saturated carbocycles. The van der Waals surface area contributed by atoms with E-state index in [4.69, 9.17) is 4.42 Å². The number of sulfonamides is 1. The third kappa shape index (κ3) is 4.01. The van der Waals surface area contributed by atoms with Crippen molar-refractivity contribution in [2.24, 2.45) is 0 Å². The molecular formula is C19H19N3O4S. The van der Waals surface area contributed by atoms with Crippen molar-refractivity contribution in [1.29, 1.82) is 0 Å². The van der Waals surface area contributed by atoms with Crippen LogP contribution in [0.5, 0.6) is 0 Å². The van der Waals surface area contributed by atoms with E-state index in [1.807, 2.05) is 6.07 Å². The molecule has 140 valence electrons. The number of para-hydroxylation sites is 1. The zero-order chi connectivity index (χ0) is 19.4. The van der Waals surface area contributed by atoms with Crippen molar-refractivity contribution in [3.63, 3.8) is 0 Å². The lowest BCUT2D eigenvalue weighted by Crippen LogP contribution is -2.26. The zero-order valence-electron chi connectivity index (χ0n) is 14.9. The van der Waals surface area contributed by atoms with Crippen molar-refractivity contribution in [1.82, 2.24) is 10.3 Å². The number of carbonyl (C=O) groups excluding carboxylic acids is 1.